The van der Waals surface area contributed by atoms with E-state index in [9.17, 15) is 19.7 Å². The van der Waals surface area contributed by atoms with Gasteiger partial charge in [-0.05, 0) is 30.7 Å². The second kappa shape index (κ2) is 9.12. The van der Waals surface area contributed by atoms with Crippen LogP contribution in [0.3, 0.4) is 0 Å². The molecular weight excluding hydrogens is 334 g/mol. The number of carbonyl (C=O) groups excluding carboxylic acids is 2. The van der Waals surface area contributed by atoms with E-state index in [0.29, 0.717) is 23.4 Å². The summed E-state index contributed by atoms with van der Waals surface area (Å²) < 4.78 is 0. The monoisotopic (exact) mass is 353 g/mol. The van der Waals surface area contributed by atoms with Gasteiger partial charge in [-0.15, -0.1) is 0 Å². The van der Waals surface area contributed by atoms with Crippen molar-refractivity contribution in [2.24, 2.45) is 0 Å². The van der Waals surface area contributed by atoms with Gasteiger partial charge < -0.3 is 10.6 Å². The summed E-state index contributed by atoms with van der Waals surface area (Å²) in [4.78, 5) is 34.8. The van der Waals surface area contributed by atoms with Crippen LogP contribution in [-0.2, 0) is 4.79 Å². The first kappa shape index (κ1) is 18.9. The van der Waals surface area contributed by atoms with E-state index < -0.39 is 10.8 Å². The van der Waals surface area contributed by atoms with Gasteiger partial charge >= 0.3 is 0 Å². The van der Waals surface area contributed by atoms with Crippen molar-refractivity contribution in [3.05, 3.63) is 75.8 Å². The lowest BCUT2D eigenvalue weighted by atomic mass is 10.1. The zero-order valence-corrected chi connectivity index (χ0v) is 14.3. The van der Waals surface area contributed by atoms with Gasteiger partial charge in [0.15, 0.2) is 0 Å². The molecule has 0 aliphatic heterocycles. The number of hydrogen-bond acceptors (Lipinski definition) is 4. The molecule has 0 fully saturated rings. The Morgan fingerprint density at radius 1 is 1.12 bits per heavy atom. The molecule has 0 heterocycles. The van der Waals surface area contributed by atoms with Crippen LogP contribution in [0.15, 0.2) is 54.6 Å². The van der Waals surface area contributed by atoms with Crippen molar-refractivity contribution in [3.63, 3.8) is 0 Å². The Bertz CT molecular complexity index is 846. The fourth-order valence-electron chi connectivity index (χ4n) is 2.26. The number of benzene rings is 2. The molecule has 2 aromatic rings. The average molecular weight is 353 g/mol. The van der Waals surface area contributed by atoms with Crippen molar-refractivity contribution in [2.45, 2.75) is 13.3 Å². The number of amides is 2. The van der Waals surface area contributed by atoms with Gasteiger partial charge in [-0.1, -0.05) is 31.2 Å². The van der Waals surface area contributed by atoms with Crippen molar-refractivity contribution < 1.29 is 14.5 Å². The topological polar surface area (TPSA) is 101 Å². The minimum absolute atomic E-state index is 0.0871. The zero-order chi connectivity index (χ0) is 18.9. The molecule has 0 unspecified atom stereocenters. The number of hydrogen-bond donors (Lipinski definition) is 2. The fraction of sp³-hybridized carbons (Fsp3) is 0.158. The van der Waals surface area contributed by atoms with E-state index in [4.69, 9.17) is 0 Å². The molecule has 26 heavy (non-hydrogen) atoms. The van der Waals surface area contributed by atoms with Crippen LogP contribution >= 0.6 is 0 Å². The van der Waals surface area contributed by atoms with E-state index in [1.165, 1.54) is 18.2 Å². The maximum Gasteiger partial charge on any atom is 0.276 e. The number of rotatable bonds is 7. The molecule has 0 aromatic heterocycles. The highest BCUT2D eigenvalue weighted by atomic mass is 16.6. The van der Waals surface area contributed by atoms with Crippen molar-refractivity contribution in [1.82, 2.24) is 5.32 Å². The Hall–Kier alpha value is -3.48. The largest absolute Gasteiger partial charge is 0.352 e. The first-order valence-electron chi connectivity index (χ1n) is 8.12. The lowest BCUT2D eigenvalue weighted by Gasteiger charge is -2.09. The molecular formula is C19H19N3O4. The van der Waals surface area contributed by atoms with Crippen LogP contribution in [0.25, 0.3) is 6.08 Å². The summed E-state index contributed by atoms with van der Waals surface area (Å²) in [5.74, 6) is -0.760. The summed E-state index contributed by atoms with van der Waals surface area (Å²) in [7, 11) is 0. The Kier molecular flexibility index (Phi) is 6.61. The Morgan fingerprint density at radius 2 is 1.81 bits per heavy atom. The molecule has 0 aliphatic carbocycles. The van der Waals surface area contributed by atoms with Crippen molar-refractivity contribution in [3.8, 4) is 0 Å². The van der Waals surface area contributed by atoms with Gasteiger partial charge in [0.2, 0.25) is 5.91 Å². The number of nitrogens with one attached hydrogen (secondary N) is 2. The van der Waals surface area contributed by atoms with E-state index in [1.54, 1.807) is 42.5 Å². The second-order valence-electron chi connectivity index (χ2n) is 5.44. The number of nitrogens with zero attached hydrogens (tertiary/aromatic N) is 1. The second-order valence-corrected chi connectivity index (χ2v) is 5.44. The molecule has 2 aromatic carbocycles. The maximum atomic E-state index is 12.2. The van der Waals surface area contributed by atoms with Crippen molar-refractivity contribution in [2.75, 3.05) is 11.9 Å². The fourth-order valence-corrected chi connectivity index (χ4v) is 2.26. The zero-order valence-electron chi connectivity index (χ0n) is 14.3. The minimum Gasteiger partial charge on any atom is -0.352 e. The molecule has 0 bridgehead atoms. The Labute approximate surface area is 150 Å². The molecule has 7 nitrogen and oxygen atoms in total. The van der Waals surface area contributed by atoms with E-state index in [2.05, 4.69) is 10.6 Å². The van der Waals surface area contributed by atoms with Gasteiger partial charge in [0.05, 0.1) is 21.7 Å². The SMILES string of the molecule is CCCNC(=O)c1ccccc1NC(=O)/C=C/c1ccccc1[N+](=O)[O-]. The van der Waals surface area contributed by atoms with Gasteiger partial charge in [-0.25, -0.2) is 0 Å². The Morgan fingerprint density at radius 3 is 2.54 bits per heavy atom. The van der Waals surface area contributed by atoms with Crippen LogP contribution in [-0.4, -0.2) is 23.3 Å². The molecule has 0 atom stereocenters. The van der Waals surface area contributed by atoms with Gasteiger partial charge in [0, 0.05) is 18.7 Å². The number of carbonyl (C=O) groups is 2. The first-order valence-corrected chi connectivity index (χ1v) is 8.12. The number of nitro groups is 1. The number of nitro benzene ring substituents is 1. The minimum atomic E-state index is -0.509. The van der Waals surface area contributed by atoms with Crippen LogP contribution in [0.4, 0.5) is 11.4 Å². The highest BCUT2D eigenvalue weighted by Crippen LogP contribution is 2.19. The van der Waals surface area contributed by atoms with Crippen LogP contribution in [0.5, 0.6) is 0 Å². The van der Waals surface area contributed by atoms with E-state index in [-0.39, 0.29) is 11.6 Å². The van der Waals surface area contributed by atoms with Crippen LogP contribution in [0, 0.1) is 10.1 Å². The predicted molar refractivity (Wildman–Crippen MR) is 99.8 cm³/mol. The van der Waals surface area contributed by atoms with E-state index in [1.807, 2.05) is 6.92 Å². The van der Waals surface area contributed by atoms with E-state index >= 15 is 0 Å². The standard InChI is InChI=1S/C19H19N3O4/c1-2-13-20-19(24)15-8-4-5-9-16(15)21-18(23)12-11-14-7-3-6-10-17(14)22(25)26/h3-12H,2,13H2,1H3,(H,20,24)(H,21,23)/b12-11+. The maximum absolute atomic E-state index is 12.2. The summed E-state index contributed by atoms with van der Waals surface area (Å²) in [5.41, 5.74) is 0.962. The van der Waals surface area contributed by atoms with Gasteiger partial charge in [0.1, 0.15) is 0 Å². The van der Waals surface area contributed by atoms with Gasteiger partial charge in [-0.3, -0.25) is 19.7 Å². The smallest absolute Gasteiger partial charge is 0.276 e. The molecule has 2 N–H and O–H groups in total. The van der Waals surface area contributed by atoms with Gasteiger partial charge in [-0.2, -0.15) is 0 Å². The summed E-state index contributed by atoms with van der Waals surface area (Å²) in [6.45, 7) is 2.49. The molecule has 0 spiro atoms. The molecule has 0 radical (unpaired) electrons. The third-order valence-corrected chi connectivity index (χ3v) is 3.51. The third kappa shape index (κ3) is 5.01. The molecule has 2 rings (SSSR count). The number of anilines is 1. The normalized spacial score (nSPS) is 10.5. The number of para-hydroxylation sites is 2. The molecule has 0 saturated heterocycles. The lowest BCUT2D eigenvalue weighted by Crippen LogP contribution is -2.25. The third-order valence-electron chi connectivity index (χ3n) is 3.51. The quantitative estimate of drug-likeness (QED) is 0.452. The predicted octanol–water partition coefficient (Wildman–Crippen LogP) is 3.39. The van der Waals surface area contributed by atoms with Crippen LogP contribution < -0.4 is 10.6 Å². The first-order chi connectivity index (χ1) is 12.5. The molecule has 7 heteroatoms. The summed E-state index contributed by atoms with van der Waals surface area (Å²) >= 11 is 0. The highest BCUT2D eigenvalue weighted by Gasteiger charge is 2.12. The average Bonchev–Trinajstić information content (AvgIpc) is 2.65. The summed E-state index contributed by atoms with van der Waals surface area (Å²) in [5, 5.41) is 16.4. The molecule has 2 amide bonds. The summed E-state index contributed by atoms with van der Waals surface area (Å²) in [6.07, 6.45) is 3.37. The van der Waals surface area contributed by atoms with Crippen LogP contribution in [0.1, 0.15) is 29.3 Å². The van der Waals surface area contributed by atoms with Crippen LogP contribution in [0.2, 0.25) is 0 Å². The van der Waals surface area contributed by atoms with Gasteiger partial charge in [0.25, 0.3) is 11.6 Å². The van der Waals surface area contributed by atoms with E-state index in [0.717, 1.165) is 6.42 Å². The Balaban J connectivity index is 2.14. The molecule has 134 valence electrons. The molecule has 0 saturated carbocycles. The molecule has 0 aliphatic rings. The summed E-state index contributed by atoms with van der Waals surface area (Å²) in [6, 6.07) is 12.8. The van der Waals surface area contributed by atoms with Crippen molar-refractivity contribution >= 4 is 29.3 Å². The lowest BCUT2D eigenvalue weighted by molar-refractivity contribution is -0.385. The highest BCUT2D eigenvalue weighted by molar-refractivity contribution is 6.07. The van der Waals surface area contributed by atoms with Crippen molar-refractivity contribution in [1.29, 1.82) is 0 Å².